The van der Waals surface area contributed by atoms with Gasteiger partial charge in [0.1, 0.15) is 5.92 Å². The van der Waals surface area contributed by atoms with Gasteiger partial charge >= 0.3 is 5.97 Å². The first-order valence-electron chi connectivity index (χ1n) is 4.44. The van der Waals surface area contributed by atoms with E-state index >= 15 is 0 Å². The van der Waals surface area contributed by atoms with E-state index in [9.17, 15) is 9.59 Å². The highest BCUT2D eigenvalue weighted by atomic mass is 16.4. The summed E-state index contributed by atoms with van der Waals surface area (Å²) in [5, 5.41) is 8.97. The second kappa shape index (κ2) is 3.24. The quantitative estimate of drug-likeness (QED) is 0.659. The number of aliphatic carboxylic acids is 1. The molecule has 15 heavy (non-hydrogen) atoms. The molecule has 76 valence electrons. The van der Waals surface area contributed by atoms with Crippen LogP contribution in [0.15, 0.2) is 30.0 Å². The van der Waals surface area contributed by atoms with Gasteiger partial charge in [0.15, 0.2) is 5.78 Å². The molecule has 2 rings (SSSR count). The Hall–Kier alpha value is -2.10. The molecule has 0 spiro atoms. The number of hydrogen-bond acceptors (Lipinski definition) is 3. The van der Waals surface area contributed by atoms with Gasteiger partial charge in [0.2, 0.25) is 0 Å². The van der Waals surface area contributed by atoms with Crippen LogP contribution in [0.25, 0.3) is 6.08 Å². The highest BCUT2D eigenvalue weighted by molar-refractivity contribution is 6.16. The summed E-state index contributed by atoms with van der Waals surface area (Å²) < 4.78 is 0. The van der Waals surface area contributed by atoms with E-state index < -0.39 is 17.7 Å². The molecule has 0 aliphatic heterocycles. The number of ketones is 1. The summed E-state index contributed by atoms with van der Waals surface area (Å²) in [7, 11) is 0. The second-order valence-electron chi connectivity index (χ2n) is 3.36. The molecule has 1 aromatic rings. The number of nitrogens with two attached hydrogens (primary N) is 1. The van der Waals surface area contributed by atoms with Crippen LogP contribution in [0.5, 0.6) is 0 Å². The zero-order valence-corrected chi connectivity index (χ0v) is 7.81. The summed E-state index contributed by atoms with van der Waals surface area (Å²) in [6.07, 6.45) is 1.51. The fraction of sp³-hybridized carbons (Fsp3) is 0.0909. The Morgan fingerprint density at radius 3 is 2.67 bits per heavy atom. The number of benzene rings is 1. The van der Waals surface area contributed by atoms with Crippen molar-refractivity contribution in [2.75, 3.05) is 0 Å². The van der Waals surface area contributed by atoms with E-state index in [0.717, 1.165) is 0 Å². The Bertz CT molecular complexity index is 476. The normalized spacial score (nSPS) is 19.3. The first kappa shape index (κ1) is 9.45. The number of carboxylic acids is 1. The molecular formula is C11H9NO3. The molecule has 3 N–H and O–H groups in total. The van der Waals surface area contributed by atoms with E-state index in [1.165, 1.54) is 6.08 Å². The first-order valence-corrected chi connectivity index (χ1v) is 4.44. The van der Waals surface area contributed by atoms with Crippen molar-refractivity contribution in [3.05, 3.63) is 41.1 Å². The Labute approximate surface area is 86.0 Å². The highest BCUT2D eigenvalue weighted by Crippen LogP contribution is 2.29. The lowest BCUT2D eigenvalue weighted by Gasteiger charge is -2.19. The molecule has 4 nitrogen and oxygen atoms in total. The molecule has 0 heterocycles. The van der Waals surface area contributed by atoms with Gasteiger partial charge in [0.25, 0.3) is 0 Å². The van der Waals surface area contributed by atoms with Crippen LogP contribution in [0.1, 0.15) is 17.0 Å². The molecule has 1 aliphatic carbocycles. The maximum Gasteiger partial charge on any atom is 0.319 e. The maximum atomic E-state index is 11.6. The van der Waals surface area contributed by atoms with Crippen molar-refractivity contribution in [2.24, 2.45) is 5.73 Å². The minimum atomic E-state index is -1.16. The summed E-state index contributed by atoms with van der Waals surface area (Å²) in [5.74, 6) is -2.86. The van der Waals surface area contributed by atoms with E-state index in [-0.39, 0.29) is 5.70 Å². The second-order valence-corrected chi connectivity index (χ2v) is 3.36. The van der Waals surface area contributed by atoms with Gasteiger partial charge in [0.05, 0.1) is 5.70 Å². The number of allylic oxidation sites excluding steroid dienone is 1. The summed E-state index contributed by atoms with van der Waals surface area (Å²) >= 11 is 0. The van der Waals surface area contributed by atoms with E-state index in [1.807, 2.05) is 0 Å². The Balaban J connectivity index is 2.64. The van der Waals surface area contributed by atoms with Gasteiger partial charge in [-0.1, -0.05) is 24.3 Å². The van der Waals surface area contributed by atoms with Crippen molar-refractivity contribution in [3.63, 3.8) is 0 Å². The van der Waals surface area contributed by atoms with Crippen LogP contribution >= 0.6 is 0 Å². The lowest BCUT2D eigenvalue weighted by molar-refractivity contribution is -0.141. The Morgan fingerprint density at radius 2 is 2.00 bits per heavy atom. The van der Waals surface area contributed by atoms with E-state index in [0.29, 0.717) is 11.1 Å². The van der Waals surface area contributed by atoms with Crippen molar-refractivity contribution < 1.29 is 14.7 Å². The molecular weight excluding hydrogens is 194 g/mol. The third kappa shape index (κ3) is 1.40. The fourth-order valence-corrected chi connectivity index (χ4v) is 1.70. The number of rotatable bonds is 1. The Morgan fingerprint density at radius 1 is 1.33 bits per heavy atom. The summed E-state index contributed by atoms with van der Waals surface area (Å²) in [6, 6.07) is 6.86. The van der Waals surface area contributed by atoms with Gasteiger partial charge in [-0.3, -0.25) is 9.59 Å². The molecule has 0 aromatic heterocycles. The molecule has 1 aromatic carbocycles. The number of carbonyl (C=O) groups excluding carboxylic acids is 1. The smallest absolute Gasteiger partial charge is 0.319 e. The maximum absolute atomic E-state index is 11.6. The van der Waals surface area contributed by atoms with Gasteiger partial charge in [-0.2, -0.15) is 0 Å². The van der Waals surface area contributed by atoms with Gasteiger partial charge in [-0.05, 0) is 17.2 Å². The van der Waals surface area contributed by atoms with Crippen LogP contribution in [-0.4, -0.2) is 16.9 Å². The molecule has 0 saturated carbocycles. The zero-order chi connectivity index (χ0) is 11.0. The summed E-state index contributed by atoms with van der Waals surface area (Å²) in [6.45, 7) is 0. The van der Waals surface area contributed by atoms with Crippen LogP contribution in [0.4, 0.5) is 0 Å². The number of carbonyl (C=O) groups is 2. The van der Waals surface area contributed by atoms with Crippen LogP contribution < -0.4 is 5.73 Å². The third-order valence-electron chi connectivity index (χ3n) is 2.41. The van der Waals surface area contributed by atoms with E-state index in [4.69, 9.17) is 10.8 Å². The van der Waals surface area contributed by atoms with Crippen LogP contribution in [0, 0.1) is 0 Å². The van der Waals surface area contributed by atoms with Gasteiger partial charge in [-0.25, -0.2) is 0 Å². The molecule has 1 aliphatic rings. The number of Topliss-reactive ketones (excluding diaryl/α,β-unsaturated/α-hetero) is 1. The van der Waals surface area contributed by atoms with Crippen molar-refractivity contribution in [3.8, 4) is 0 Å². The van der Waals surface area contributed by atoms with E-state index in [1.54, 1.807) is 24.3 Å². The van der Waals surface area contributed by atoms with Gasteiger partial charge in [-0.15, -0.1) is 0 Å². The predicted molar refractivity (Wildman–Crippen MR) is 54.0 cm³/mol. The minimum absolute atomic E-state index is 0.00102. The number of carboxylic acid groups (broad SMARTS) is 1. The molecule has 1 atom stereocenters. The van der Waals surface area contributed by atoms with Crippen molar-refractivity contribution >= 4 is 17.8 Å². The molecule has 0 saturated heterocycles. The SMILES string of the molecule is NC1=Cc2ccccc2C(C(=O)O)C1=O. The van der Waals surface area contributed by atoms with Gasteiger partial charge < -0.3 is 10.8 Å². The summed E-state index contributed by atoms with van der Waals surface area (Å²) in [5.41, 5.74) is 6.67. The number of fused-ring (bicyclic) bond motifs is 1. The fourth-order valence-electron chi connectivity index (χ4n) is 1.70. The standard InChI is InChI=1S/C11H9NO3/c12-8-5-6-3-1-2-4-7(6)9(10(8)13)11(14)15/h1-5,9H,12H2,(H,14,15). The van der Waals surface area contributed by atoms with Gasteiger partial charge in [0, 0.05) is 0 Å². The van der Waals surface area contributed by atoms with Crippen LogP contribution in [0.3, 0.4) is 0 Å². The Kier molecular flexibility index (Phi) is 2.04. The summed E-state index contributed by atoms with van der Waals surface area (Å²) in [4.78, 5) is 22.5. The topological polar surface area (TPSA) is 80.4 Å². The molecule has 4 heteroatoms. The van der Waals surface area contributed by atoms with Crippen molar-refractivity contribution in [2.45, 2.75) is 5.92 Å². The molecule has 0 radical (unpaired) electrons. The largest absolute Gasteiger partial charge is 0.480 e. The molecule has 0 amide bonds. The highest BCUT2D eigenvalue weighted by Gasteiger charge is 2.33. The molecule has 0 fully saturated rings. The number of hydrogen-bond donors (Lipinski definition) is 2. The molecule has 0 bridgehead atoms. The van der Waals surface area contributed by atoms with Crippen molar-refractivity contribution in [1.29, 1.82) is 0 Å². The van der Waals surface area contributed by atoms with Crippen LogP contribution in [0.2, 0.25) is 0 Å². The van der Waals surface area contributed by atoms with E-state index in [2.05, 4.69) is 0 Å². The molecule has 1 unspecified atom stereocenters. The monoisotopic (exact) mass is 203 g/mol. The lowest BCUT2D eigenvalue weighted by atomic mass is 9.85. The minimum Gasteiger partial charge on any atom is -0.480 e. The van der Waals surface area contributed by atoms with Crippen molar-refractivity contribution in [1.82, 2.24) is 0 Å². The average Bonchev–Trinajstić information content (AvgIpc) is 2.19. The lowest BCUT2D eigenvalue weighted by Crippen LogP contribution is -2.29. The predicted octanol–water partition coefficient (Wildman–Crippen LogP) is 0.737. The third-order valence-corrected chi connectivity index (χ3v) is 2.41. The average molecular weight is 203 g/mol. The first-order chi connectivity index (χ1) is 7.11. The van der Waals surface area contributed by atoms with Crippen LogP contribution in [-0.2, 0) is 9.59 Å². The zero-order valence-electron chi connectivity index (χ0n) is 7.81.